The molecular weight excluding hydrogens is 214 g/mol. The van der Waals surface area contributed by atoms with E-state index < -0.39 is 0 Å². The highest BCUT2D eigenvalue weighted by atomic mass is 32.1. The summed E-state index contributed by atoms with van der Waals surface area (Å²) in [6.07, 6.45) is 0. The minimum absolute atomic E-state index is 0.924. The predicted octanol–water partition coefficient (Wildman–Crippen LogP) is 4.29. The van der Waals surface area contributed by atoms with Crippen molar-refractivity contribution >= 4 is 17.0 Å². The van der Waals surface area contributed by atoms with Gasteiger partial charge in [0.2, 0.25) is 0 Å². The summed E-state index contributed by atoms with van der Waals surface area (Å²) in [5.41, 5.74) is 5.24. The van der Waals surface area contributed by atoms with Crippen LogP contribution in [0.2, 0.25) is 0 Å². The van der Waals surface area contributed by atoms with E-state index in [1.165, 1.54) is 27.3 Å². The Hall–Kier alpha value is -1.28. The van der Waals surface area contributed by atoms with Crippen LogP contribution >= 0.6 is 11.3 Å². The first-order valence-electron chi connectivity index (χ1n) is 5.51. The SMILES string of the molecule is Cc1ccc(NCc2sccc2C)c(C)c1. The first-order valence-corrected chi connectivity index (χ1v) is 6.39. The summed E-state index contributed by atoms with van der Waals surface area (Å²) in [6.45, 7) is 7.36. The standard InChI is InChI=1S/C14H17NS/c1-10-4-5-13(12(3)8-10)15-9-14-11(2)6-7-16-14/h4-8,15H,9H2,1-3H3. The lowest BCUT2D eigenvalue weighted by Gasteiger charge is -2.09. The van der Waals surface area contributed by atoms with E-state index >= 15 is 0 Å². The number of aryl methyl sites for hydroxylation is 3. The summed E-state index contributed by atoms with van der Waals surface area (Å²) in [5, 5.41) is 5.64. The average molecular weight is 231 g/mol. The fourth-order valence-electron chi connectivity index (χ4n) is 1.77. The Kier molecular flexibility index (Phi) is 3.30. The van der Waals surface area contributed by atoms with E-state index in [1.54, 1.807) is 0 Å². The molecule has 84 valence electrons. The second-order valence-electron chi connectivity index (χ2n) is 4.20. The second kappa shape index (κ2) is 4.71. The minimum Gasteiger partial charge on any atom is -0.380 e. The molecule has 0 saturated heterocycles. The molecule has 0 fully saturated rings. The first-order chi connectivity index (χ1) is 7.66. The van der Waals surface area contributed by atoms with Gasteiger partial charge in [-0.15, -0.1) is 11.3 Å². The van der Waals surface area contributed by atoms with Crippen LogP contribution in [0.15, 0.2) is 29.6 Å². The van der Waals surface area contributed by atoms with E-state index in [4.69, 9.17) is 0 Å². The summed E-state index contributed by atoms with van der Waals surface area (Å²) in [6, 6.07) is 8.69. The summed E-state index contributed by atoms with van der Waals surface area (Å²) in [7, 11) is 0. The Labute approximate surface area is 101 Å². The van der Waals surface area contributed by atoms with E-state index in [-0.39, 0.29) is 0 Å². The molecule has 0 aliphatic heterocycles. The van der Waals surface area contributed by atoms with Crippen LogP contribution in [-0.2, 0) is 6.54 Å². The van der Waals surface area contributed by atoms with Gasteiger partial charge in [0.05, 0.1) is 0 Å². The zero-order chi connectivity index (χ0) is 11.5. The lowest BCUT2D eigenvalue weighted by Crippen LogP contribution is -2.00. The molecule has 1 nitrogen and oxygen atoms in total. The van der Waals surface area contributed by atoms with Crippen LogP contribution < -0.4 is 5.32 Å². The number of benzene rings is 1. The Morgan fingerprint density at radius 1 is 1.06 bits per heavy atom. The number of nitrogens with one attached hydrogen (secondary N) is 1. The van der Waals surface area contributed by atoms with E-state index in [0.717, 1.165) is 6.54 Å². The Morgan fingerprint density at radius 3 is 2.50 bits per heavy atom. The highest BCUT2D eigenvalue weighted by Crippen LogP contribution is 2.20. The molecule has 1 N–H and O–H groups in total. The molecule has 0 aliphatic rings. The van der Waals surface area contributed by atoms with Crippen LogP contribution in [0.5, 0.6) is 0 Å². The van der Waals surface area contributed by atoms with E-state index in [0.29, 0.717) is 0 Å². The lowest BCUT2D eigenvalue weighted by atomic mass is 10.1. The van der Waals surface area contributed by atoms with Crippen LogP contribution in [0, 0.1) is 20.8 Å². The highest BCUT2D eigenvalue weighted by molar-refractivity contribution is 7.10. The van der Waals surface area contributed by atoms with Crippen molar-refractivity contribution in [2.45, 2.75) is 27.3 Å². The molecule has 16 heavy (non-hydrogen) atoms. The van der Waals surface area contributed by atoms with Gasteiger partial charge in [-0.1, -0.05) is 17.7 Å². The highest BCUT2D eigenvalue weighted by Gasteiger charge is 2.01. The predicted molar refractivity (Wildman–Crippen MR) is 72.3 cm³/mol. The Morgan fingerprint density at radius 2 is 1.88 bits per heavy atom. The van der Waals surface area contributed by atoms with Crippen molar-refractivity contribution < 1.29 is 0 Å². The van der Waals surface area contributed by atoms with Crippen LogP contribution in [-0.4, -0.2) is 0 Å². The minimum atomic E-state index is 0.924. The molecule has 0 unspecified atom stereocenters. The van der Waals surface area contributed by atoms with Crippen LogP contribution in [0.3, 0.4) is 0 Å². The number of rotatable bonds is 3. The molecule has 0 atom stereocenters. The third kappa shape index (κ3) is 2.45. The summed E-state index contributed by atoms with van der Waals surface area (Å²) < 4.78 is 0. The fraction of sp³-hybridized carbons (Fsp3) is 0.286. The van der Waals surface area contributed by atoms with Gasteiger partial charge in [-0.3, -0.25) is 0 Å². The zero-order valence-corrected chi connectivity index (χ0v) is 10.8. The summed E-state index contributed by atoms with van der Waals surface area (Å²) in [5.74, 6) is 0. The van der Waals surface area contributed by atoms with Gasteiger partial charge in [-0.25, -0.2) is 0 Å². The molecule has 0 aliphatic carbocycles. The van der Waals surface area contributed by atoms with Gasteiger partial charge >= 0.3 is 0 Å². The molecule has 1 aromatic heterocycles. The summed E-state index contributed by atoms with van der Waals surface area (Å²) >= 11 is 1.82. The fourth-order valence-corrected chi connectivity index (χ4v) is 2.62. The first kappa shape index (κ1) is 11.2. The Bertz CT molecular complexity index is 485. The smallest absolute Gasteiger partial charge is 0.0496 e. The molecule has 0 radical (unpaired) electrons. The molecule has 1 aromatic carbocycles. The van der Waals surface area contributed by atoms with E-state index in [1.807, 2.05) is 11.3 Å². The van der Waals surface area contributed by atoms with Gasteiger partial charge in [-0.05, 0) is 49.4 Å². The largest absolute Gasteiger partial charge is 0.380 e. The van der Waals surface area contributed by atoms with Gasteiger partial charge in [0.1, 0.15) is 0 Å². The van der Waals surface area contributed by atoms with Crippen LogP contribution in [0.4, 0.5) is 5.69 Å². The van der Waals surface area contributed by atoms with Crippen molar-refractivity contribution in [2.75, 3.05) is 5.32 Å². The molecular formula is C14H17NS. The molecule has 0 spiro atoms. The second-order valence-corrected chi connectivity index (χ2v) is 5.20. The average Bonchev–Trinajstić information content (AvgIpc) is 2.63. The van der Waals surface area contributed by atoms with Gasteiger partial charge in [0.25, 0.3) is 0 Å². The maximum Gasteiger partial charge on any atom is 0.0496 e. The maximum atomic E-state index is 3.49. The van der Waals surface area contributed by atoms with Gasteiger partial charge in [-0.2, -0.15) is 0 Å². The molecule has 2 heteroatoms. The van der Waals surface area contributed by atoms with Crippen molar-refractivity contribution in [2.24, 2.45) is 0 Å². The van der Waals surface area contributed by atoms with Crippen LogP contribution in [0.1, 0.15) is 21.6 Å². The van der Waals surface area contributed by atoms with Crippen molar-refractivity contribution in [1.82, 2.24) is 0 Å². The quantitative estimate of drug-likeness (QED) is 0.831. The van der Waals surface area contributed by atoms with Crippen molar-refractivity contribution in [3.8, 4) is 0 Å². The lowest BCUT2D eigenvalue weighted by molar-refractivity contribution is 1.15. The number of thiophene rings is 1. The number of hydrogen-bond donors (Lipinski definition) is 1. The zero-order valence-electron chi connectivity index (χ0n) is 10.0. The number of anilines is 1. The molecule has 0 saturated carbocycles. The van der Waals surface area contributed by atoms with Crippen molar-refractivity contribution in [1.29, 1.82) is 0 Å². The molecule has 2 aromatic rings. The van der Waals surface area contributed by atoms with Gasteiger partial charge < -0.3 is 5.32 Å². The maximum absolute atomic E-state index is 3.49. The molecule has 1 heterocycles. The molecule has 0 bridgehead atoms. The molecule has 0 amide bonds. The van der Waals surface area contributed by atoms with E-state index in [2.05, 4.69) is 55.7 Å². The normalized spacial score (nSPS) is 10.4. The van der Waals surface area contributed by atoms with E-state index in [9.17, 15) is 0 Å². The summed E-state index contributed by atoms with van der Waals surface area (Å²) in [4.78, 5) is 1.42. The topological polar surface area (TPSA) is 12.0 Å². The Balaban J connectivity index is 2.08. The van der Waals surface area contributed by atoms with Crippen molar-refractivity contribution in [3.63, 3.8) is 0 Å². The number of hydrogen-bond acceptors (Lipinski definition) is 2. The monoisotopic (exact) mass is 231 g/mol. The van der Waals surface area contributed by atoms with Crippen molar-refractivity contribution in [3.05, 3.63) is 51.2 Å². The third-order valence-electron chi connectivity index (χ3n) is 2.79. The van der Waals surface area contributed by atoms with Gasteiger partial charge in [0.15, 0.2) is 0 Å². The molecule has 2 rings (SSSR count). The third-order valence-corrected chi connectivity index (χ3v) is 3.81. The van der Waals surface area contributed by atoms with Gasteiger partial charge in [0, 0.05) is 17.1 Å². The van der Waals surface area contributed by atoms with Crippen LogP contribution in [0.25, 0.3) is 0 Å².